The van der Waals surface area contributed by atoms with Crippen molar-refractivity contribution in [3.8, 4) is 40.0 Å². The summed E-state index contributed by atoms with van der Waals surface area (Å²) >= 11 is 6.75. The van der Waals surface area contributed by atoms with Crippen LogP contribution in [0.5, 0.6) is 11.5 Å². The number of halogens is 10. The number of carbonyl (C=O) groups is 1. The van der Waals surface area contributed by atoms with Crippen LogP contribution in [0.15, 0.2) is 119 Å². The van der Waals surface area contributed by atoms with Crippen molar-refractivity contribution >= 4 is 37.8 Å². The molecule has 0 atom stereocenters. The number of carbonyl (C=O) groups excluding carboxylic acids is 1. The number of allylic oxidation sites excluding steroid dienone is 4. The molecule has 0 amide bonds. The number of nitrogens with zero attached hydrogens (tertiary/aromatic N) is 2. The third kappa shape index (κ3) is 15.0. The van der Waals surface area contributed by atoms with Crippen LogP contribution in [0.25, 0.3) is 22.4 Å². The number of benzene rings is 4. The van der Waals surface area contributed by atoms with Crippen LogP contribution in [-0.4, -0.2) is 17.3 Å². The second-order valence-corrected chi connectivity index (χ2v) is 20.0. The van der Waals surface area contributed by atoms with Crippen molar-refractivity contribution in [2.45, 2.75) is 102 Å². The van der Waals surface area contributed by atoms with Gasteiger partial charge in [0.25, 0.3) is 0 Å². The fourth-order valence-electron chi connectivity index (χ4n) is 10.3. The molecule has 0 radical (unpaired) electrons. The van der Waals surface area contributed by atoms with Crippen molar-refractivity contribution < 1.29 is 49.4 Å². The van der Waals surface area contributed by atoms with Gasteiger partial charge in [-0.15, -0.1) is 13.2 Å². The summed E-state index contributed by atoms with van der Waals surface area (Å²) in [5.41, 5.74) is 2.39. The lowest BCUT2D eigenvalue weighted by Crippen LogP contribution is -2.25. The highest BCUT2D eigenvalue weighted by Crippen LogP contribution is 2.45. The number of rotatable bonds is 13. The zero-order valence-electron chi connectivity index (χ0n) is 39.8. The van der Waals surface area contributed by atoms with E-state index in [1.807, 2.05) is 28.2 Å². The Morgan fingerprint density at radius 1 is 0.671 bits per heavy atom. The van der Waals surface area contributed by atoms with E-state index in [2.05, 4.69) is 65.9 Å². The zero-order chi connectivity index (χ0) is 52.1. The third-order valence-corrected chi connectivity index (χ3v) is 15.0. The van der Waals surface area contributed by atoms with Crippen LogP contribution in [0.4, 0.5) is 35.1 Å². The predicted octanol–water partition coefficient (Wildman–Crippen LogP) is 18.0. The van der Waals surface area contributed by atoms with Gasteiger partial charge >= 0.3 is 12.3 Å². The second-order valence-electron chi connectivity index (χ2n) is 19.0. The van der Waals surface area contributed by atoms with E-state index in [1.54, 1.807) is 30.5 Å². The lowest BCUT2D eigenvalue weighted by atomic mass is 9.68. The van der Waals surface area contributed by atoms with Crippen LogP contribution in [0.2, 0.25) is 0 Å². The highest BCUT2D eigenvalue weighted by atomic mass is 79.9. The highest BCUT2D eigenvalue weighted by molar-refractivity contribution is 9.11. The Balaban J connectivity index is 0.000000218. The largest absolute Gasteiger partial charge is 0.573 e. The molecule has 73 heavy (non-hydrogen) atoms. The fraction of sp³-hybridized carbons (Fsp3) is 0.362. The number of hydrogen-bond donors (Lipinski definition) is 0. The molecule has 8 rings (SSSR count). The lowest BCUT2D eigenvalue weighted by Gasteiger charge is -2.37. The molecule has 0 bridgehead atoms. The number of pyridine rings is 1. The molecule has 0 spiro atoms. The van der Waals surface area contributed by atoms with E-state index in [0.29, 0.717) is 34.6 Å². The average Bonchev–Trinajstić information content (AvgIpc) is 3.40. The molecular formula is C58H54Br2F8N2O3. The first-order chi connectivity index (χ1) is 35.1. The Morgan fingerprint density at radius 2 is 1.22 bits per heavy atom. The first-order valence-electron chi connectivity index (χ1n) is 24.5. The van der Waals surface area contributed by atoms with Crippen LogP contribution in [-0.2, 0) is 6.42 Å². The summed E-state index contributed by atoms with van der Waals surface area (Å²) in [7, 11) is 0. The number of alkyl halides is 3. The van der Waals surface area contributed by atoms with Gasteiger partial charge in [0.15, 0.2) is 11.6 Å². The molecule has 1 aromatic heterocycles. The van der Waals surface area contributed by atoms with Crippen molar-refractivity contribution in [3.63, 3.8) is 0 Å². The van der Waals surface area contributed by atoms with E-state index in [1.165, 1.54) is 119 Å². The van der Waals surface area contributed by atoms with Gasteiger partial charge in [0.05, 0.1) is 22.4 Å². The molecule has 3 aliphatic carbocycles. The molecule has 0 N–H and O–H groups in total. The number of hydrogen-bond acceptors (Lipinski definition) is 5. The summed E-state index contributed by atoms with van der Waals surface area (Å²) in [5, 5.41) is 8.81. The molecule has 384 valence electrons. The zero-order valence-corrected chi connectivity index (χ0v) is 43.0. The van der Waals surface area contributed by atoms with E-state index in [0.717, 1.165) is 42.2 Å². The fourth-order valence-corrected chi connectivity index (χ4v) is 11.2. The molecule has 15 heteroatoms. The van der Waals surface area contributed by atoms with Crippen LogP contribution >= 0.6 is 31.9 Å². The van der Waals surface area contributed by atoms with Crippen molar-refractivity contribution in [2.75, 3.05) is 0 Å². The summed E-state index contributed by atoms with van der Waals surface area (Å²) in [5.74, 6) is -7.56. The molecule has 0 saturated heterocycles. The van der Waals surface area contributed by atoms with Gasteiger partial charge in [0.2, 0.25) is 17.4 Å². The van der Waals surface area contributed by atoms with Gasteiger partial charge in [-0.3, -0.25) is 4.98 Å². The summed E-state index contributed by atoms with van der Waals surface area (Å²) in [6, 6.07) is 22.2. The van der Waals surface area contributed by atoms with E-state index >= 15 is 0 Å². The molecule has 1 heterocycles. The van der Waals surface area contributed by atoms with Gasteiger partial charge in [-0.25, -0.2) is 18.0 Å². The normalized spacial score (nSPS) is 21.4. The monoisotopic (exact) mass is 1140 g/mol. The van der Waals surface area contributed by atoms with Gasteiger partial charge in [-0.1, -0.05) is 98.6 Å². The minimum atomic E-state index is -5.53. The number of aryl methyl sites for hydroxylation is 1. The molecule has 3 aliphatic rings. The van der Waals surface area contributed by atoms with Crippen LogP contribution in [0.1, 0.15) is 116 Å². The maximum absolute atomic E-state index is 14.5. The van der Waals surface area contributed by atoms with Gasteiger partial charge in [-0.05, 0) is 182 Å². The van der Waals surface area contributed by atoms with Crippen LogP contribution < -0.4 is 9.47 Å². The minimum Gasteiger partial charge on any atom is -0.423 e. The van der Waals surface area contributed by atoms with E-state index < -0.39 is 52.7 Å². The van der Waals surface area contributed by atoms with Crippen molar-refractivity contribution in [1.82, 2.24) is 4.98 Å². The SMILES string of the molecule is Fc1c(F)c(-c2ccc(-c3ccc(CC/C=C/C4CCC(/C=C/Br)CC4)cn3)cc2)c(F)c(F)c1OC(F)(F)F.N#Cc1ccc(OC(=O)c2ccc(C3CCC(C4CCC(/C=C/Br)CC4)CC3)cc2)cc1F. The first kappa shape index (κ1) is 55.2. The molecule has 0 aliphatic heterocycles. The Labute approximate surface area is 437 Å². The number of ether oxygens (including phenoxy) is 2. The first-order valence-corrected chi connectivity index (χ1v) is 26.4. The van der Waals surface area contributed by atoms with Crippen LogP contribution in [0, 0.1) is 70.0 Å². The standard InChI is InChI=1S/C30H25BrF7NO.C28H29BrFNO2/c31-16-15-19-7-5-18(6-8-19)3-1-2-4-20-9-14-23(39-17-20)21-10-12-22(13-11-21)24-25(32)27(34)29(28(35)26(24)33)40-30(36,37)38;29-16-15-19-1-3-20(4-2-19)21-5-7-22(8-6-21)23-9-11-24(12-10-23)28(32)33-26-14-13-25(18-31)27(30)17-26/h1,3,9-19H,2,4-8H2;9-17,19-22H,1-8H2/b3-1+,16-15+;16-15+. The topological polar surface area (TPSA) is 72.2 Å². The summed E-state index contributed by atoms with van der Waals surface area (Å²) < 4.78 is 116. The smallest absolute Gasteiger partial charge is 0.423 e. The Bertz CT molecular complexity index is 2740. The molecular weight excluding hydrogens is 1080 g/mol. The van der Waals surface area contributed by atoms with E-state index in [9.17, 15) is 39.9 Å². The lowest BCUT2D eigenvalue weighted by molar-refractivity contribution is -0.276. The second kappa shape index (κ2) is 26.1. The molecule has 0 unspecified atom stereocenters. The maximum atomic E-state index is 14.5. The third-order valence-electron chi connectivity index (χ3n) is 14.4. The molecule has 3 saturated carbocycles. The number of aromatic nitrogens is 1. The minimum absolute atomic E-state index is 0.0756. The van der Waals surface area contributed by atoms with Crippen LogP contribution in [0.3, 0.4) is 0 Å². The van der Waals surface area contributed by atoms with Crippen molar-refractivity contribution in [1.29, 1.82) is 5.26 Å². The summed E-state index contributed by atoms with van der Waals surface area (Å²) in [6.45, 7) is 0. The summed E-state index contributed by atoms with van der Waals surface area (Å²) in [6.07, 6.45) is 22.1. The van der Waals surface area contributed by atoms with Crippen molar-refractivity contribution in [2.24, 2.45) is 29.6 Å². The van der Waals surface area contributed by atoms with Gasteiger partial charge < -0.3 is 9.47 Å². The van der Waals surface area contributed by atoms with Crippen molar-refractivity contribution in [3.05, 3.63) is 171 Å². The quantitative estimate of drug-likeness (QED) is 0.0386. The Morgan fingerprint density at radius 3 is 1.74 bits per heavy atom. The van der Waals surface area contributed by atoms with Gasteiger partial charge in [0.1, 0.15) is 17.6 Å². The Hall–Kier alpha value is -5.59. The Kier molecular flexibility index (Phi) is 19.7. The number of nitriles is 1. The molecule has 3 fully saturated rings. The van der Waals surface area contributed by atoms with Gasteiger partial charge in [-0.2, -0.15) is 14.0 Å². The van der Waals surface area contributed by atoms with E-state index in [4.69, 9.17) is 10.00 Å². The average molecular weight is 1140 g/mol. The molecule has 5 aromatic rings. The maximum Gasteiger partial charge on any atom is 0.573 e. The van der Waals surface area contributed by atoms with Gasteiger partial charge in [0, 0.05) is 17.8 Å². The predicted molar refractivity (Wildman–Crippen MR) is 273 cm³/mol. The molecule has 5 nitrogen and oxygen atoms in total. The summed E-state index contributed by atoms with van der Waals surface area (Å²) in [4.78, 5) is 20.8. The van der Waals surface area contributed by atoms with E-state index in [-0.39, 0.29) is 16.9 Å². The molecule has 4 aromatic carbocycles. The highest BCUT2D eigenvalue weighted by Gasteiger charge is 2.38. The number of esters is 1.